The van der Waals surface area contributed by atoms with Crippen molar-refractivity contribution in [2.24, 2.45) is 11.7 Å². The summed E-state index contributed by atoms with van der Waals surface area (Å²) in [6.45, 7) is 5.49. The number of ether oxygens (including phenoxy) is 1. The fraction of sp³-hybridized carbons (Fsp3) is 0.900. The van der Waals surface area contributed by atoms with E-state index in [4.69, 9.17) is 10.5 Å². The van der Waals surface area contributed by atoms with Crippen molar-refractivity contribution in [1.82, 2.24) is 5.32 Å². The molecule has 82 valence electrons. The van der Waals surface area contributed by atoms with Gasteiger partial charge in [0.1, 0.15) is 0 Å². The maximum atomic E-state index is 11.5. The van der Waals surface area contributed by atoms with E-state index in [1.54, 1.807) is 0 Å². The minimum atomic E-state index is -0.375. The summed E-state index contributed by atoms with van der Waals surface area (Å²) >= 11 is 0. The van der Waals surface area contributed by atoms with Gasteiger partial charge in [-0.1, -0.05) is 6.92 Å². The Morgan fingerprint density at radius 1 is 1.71 bits per heavy atom. The van der Waals surface area contributed by atoms with Crippen LogP contribution < -0.4 is 11.1 Å². The first-order valence-corrected chi connectivity index (χ1v) is 5.28. The molecule has 0 aliphatic carbocycles. The molecule has 1 rings (SSSR count). The van der Waals surface area contributed by atoms with Crippen molar-refractivity contribution in [3.63, 3.8) is 0 Å². The zero-order valence-corrected chi connectivity index (χ0v) is 8.95. The second kappa shape index (κ2) is 5.32. The van der Waals surface area contributed by atoms with E-state index in [1.807, 2.05) is 13.8 Å². The molecule has 0 bridgehead atoms. The molecule has 0 aromatic heterocycles. The van der Waals surface area contributed by atoms with Crippen LogP contribution in [0.25, 0.3) is 0 Å². The van der Waals surface area contributed by atoms with Crippen molar-refractivity contribution in [2.45, 2.75) is 38.8 Å². The topological polar surface area (TPSA) is 64.4 Å². The molecule has 0 radical (unpaired) electrons. The van der Waals surface area contributed by atoms with E-state index < -0.39 is 0 Å². The Morgan fingerprint density at radius 2 is 2.43 bits per heavy atom. The Morgan fingerprint density at radius 3 is 2.93 bits per heavy atom. The van der Waals surface area contributed by atoms with Gasteiger partial charge in [-0.15, -0.1) is 0 Å². The third-order valence-electron chi connectivity index (χ3n) is 2.82. The first kappa shape index (κ1) is 11.5. The quantitative estimate of drug-likeness (QED) is 0.684. The highest BCUT2D eigenvalue weighted by Crippen LogP contribution is 2.16. The lowest BCUT2D eigenvalue weighted by Gasteiger charge is -2.21. The summed E-state index contributed by atoms with van der Waals surface area (Å²) in [4.78, 5) is 11.5. The molecule has 1 fully saturated rings. The average molecular weight is 200 g/mol. The van der Waals surface area contributed by atoms with Gasteiger partial charge < -0.3 is 15.8 Å². The highest BCUT2D eigenvalue weighted by atomic mass is 16.5. The maximum Gasteiger partial charge on any atom is 0.237 e. The lowest BCUT2D eigenvalue weighted by atomic mass is 10.0. The molecule has 0 spiro atoms. The summed E-state index contributed by atoms with van der Waals surface area (Å²) < 4.78 is 5.26. The summed E-state index contributed by atoms with van der Waals surface area (Å²) in [5.41, 5.74) is 5.62. The number of hydrogen-bond donors (Lipinski definition) is 2. The van der Waals surface area contributed by atoms with Crippen LogP contribution in [-0.2, 0) is 9.53 Å². The van der Waals surface area contributed by atoms with E-state index in [0.717, 1.165) is 19.6 Å². The highest BCUT2D eigenvalue weighted by molar-refractivity contribution is 5.81. The largest absolute Gasteiger partial charge is 0.381 e. The van der Waals surface area contributed by atoms with Gasteiger partial charge >= 0.3 is 0 Å². The minimum Gasteiger partial charge on any atom is -0.381 e. The number of nitrogens with two attached hydrogens (primary N) is 1. The molecular weight excluding hydrogens is 180 g/mol. The fourth-order valence-electron chi connectivity index (χ4n) is 1.58. The van der Waals surface area contributed by atoms with E-state index in [-0.39, 0.29) is 18.0 Å². The predicted octanol–water partition coefficient (Wildman–Crippen LogP) is 0.265. The lowest BCUT2D eigenvalue weighted by Crippen LogP contribution is -2.46. The Labute approximate surface area is 85.2 Å². The highest BCUT2D eigenvalue weighted by Gasteiger charge is 2.24. The monoisotopic (exact) mass is 200 g/mol. The standard InChI is InChI=1S/C10H20N2O2/c1-3-9(11)10(13)12-7(2)8-4-5-14-6-8/h7-9H,3-6,11H2,1-2H3,(H,12,13). The minimum absolute atomic E-state index is 0.0492. The van der Waals surface area contributed by atoms with Gasteiger partial charge in [0.25, 0.3) is 0 Å². The molecule has 1 aliphatic heterocycles. The molecule has 1 amide bonds. The van der Waals surface area contributed by atoms with Crippen LogP contribution in [0.5, 0.6) is 0 Å². The maximum absolute atomic E-state index is 11.5. The normalized spacial score (nSPS) is 25.8. The summed E-state index contributed by atoms with van der Waals surface area (Å²) in [5, 5.41) is 2.93. The number of rotatable bonds is 4. The fourth-order valence-corrected chi connectivity index (χ4v) is 1.58. The van der Waals surface area contributed by atoms with Crippen molar-refractivity contribution in [3.8, 4) is 0 Å². The molecule has 4 heteroatoms. The third kappa shape index (κ3) is 2.96. The first-order chi connectivity index (χ1) is 6.65. The molecule has 1 saturated heterocycles. The summed E-state index contributed by atoms with van der Waals surface area (Å²) in [6, 6.07) is -0.206. The number of amides is 1. The van der Waals surface area contributed by atoms with E-state index in [0.29, 0.717) is 12.3 Å². The number of carbonyl (C=O) groups excluding carboxylic acids is 1. The Bertz CT molecular complexity index is 191. The van der Waals surface area contributed by atoms with Crippen molar-refractivity contribution in [3.05, 3.63) is 0 Å². The molecule has 3 N–H and O–H groups in total. The van der Waals surface area contributed by atoms with Gasteiger partial charge in [-0.3, -0.25) is 4.79 Å². The van der Waals surface area contributed by atoms with Crippen LogP contribution in [0, 0.1) is 5.92 Å². The van der Waals surface area contributed by atoms with Crippen molar-refractivity contribution >= 4 is 5.91 Å². The van der Waals surface area contributed by atoms with Gasteiger partial charge in [-0.05, 0) is 19.8 Å². The van der Waals surface area contributed by atoms with E-state index in [2.05, 4.69) is 5.32 Å². The Kier molecular flexibility index (Phi) is 4.35. The number of carbonyl (C=O) groups is 1. The molecule has 0 aromatic rings. The van der Waals surface area contributed by atoms with Crippen LogP contribution >= 0.6 is 0 Å². The second-order valence-electron chi connectivity index (χ2n) is 3.94. The van der Waals surface area contributed by atoms with Crippen LogP contribution in [-0.4, -0.2) is 31.2 Å². The van der Waals surface area contributed by atoms with Gasteiger partial charge in [0.15, 0.2) is 0 Å². The molecular formula is C10H20N2O2. The van der Waals surface area contributed by atoms with Crippen molar-refractivity contribution in [2.75, 3.05) is 13.2 Å². The van der Waals surface area contributed by atoms with Crippen LogP contribution in [0.4, 0.5) is 0 Å². The molecule has 0 saturated carbocycles. The van der Waals surface area contributed by atoms with Crippen molar-refractivity contribution < 1.29 is 9.53 Å². The van der Waals surface area contributed by atoms with Gasteiger partial charge in [0, 0.05) is 18.6 Å². The summed E-state index contributed by atoms with van der Waals surface area (Å²) in [6.07, 6.45) is 1.71. The zero-order chi connectivity index (χ0) is 10.6. The summed E-state index contributed by atoms with van der Waals surface area (Å²) in [7, 11) is 0. The molecule has 1 heterocycles. The molecule has 1 aliphatic rings. The van der Waals surface area contributed by atoms with Gasteiger partial charge in [0.2, 0.25) is 5.91 Å². The second-order valence-corrected chi connectivity index (χ2v) is 3.94. The number of nitrogens with one attached hydrogen (secondary N) is 1. The van der Waals surface area contributed by atoms with E-state index >= 15 is 0 Å². The van der Waals surface area contributed by atoms with Crippen molar-refractivity contribution in [1.29, 1.82) is 0 Å². The smallest absolute Gasteiger partial charge is 0.237 e. The van der Waals surface area contributed by atoms with Crippen LogP contribution in [0.3, 0.4) is 0 Å². The molecule has 4 nitrogen and oxygen atoms in total. The van der Waals surface area contributed by atoms with Crippen LogP contribution in [0.15, 0.2) is 0 Å². The predicted molar refractivity (Wildman–Crippen MR) is 54.8 cm³/mol. The summed E-state index contributed by atoms with van der Waals surface area (Å²) in [5.74, 6) is 0.398. The first-order valence-electron chi connectivity index (χ1n) is 5.28. The molecule has 3 unspecified atom stereocenters. The third-order valence-corrected chi connectivity index (χ3v) is 2.82. The van der Waals surface area contributed by atoms with Gasteiger partial charge in [0.05, 0.1) is 12.6 Å². The molecule has 14 heavy (non-hydrogen) atoms. The number of hydrogen-bond acceptors (Lipinski definition) is 3. The van der Waals surface area contributed by atoms with E-state index in [1.165, 1.54) is 0 Å². The molecule has 3 atom stereocenters. The average Bonchev–Trinajstić information content (AvgIpc) is 2.69. The van der Waals surface area contributed by atoms with Gasteiger partial charge in [-0.25, -0.2) is 0 Å². The van der Waals surface area contributed by atoms with Crippen LogP contribution in [0.2, 0.25) is 0 Å². The lowest BCUT2D eigenvalue weighted by molar-refractivity contribution is -0.123. The van der Waals surface area contributed by atoms with Gasteiger partial charge in [-0.2, -0.15) is 0 Å². The SMILES string of the molecule is CCC(N)C(=O)NC(C)C1CCOC1. The van der Waals surface area contributed by atoms with Crippen LogP contribution in [0.1, 0.15) is 26.7 Å². The molecule has 0 aromatic carbocycles. The Balaban J connectivity index is 2.31. The van der Waals surface area contributed by atoms with E-state index in [9.17, 15) is 4.79 Å². The zero-order valence-electron chi connectivity index (χ0n) is 8.95. The Hall–Kier alpha value is -0.610.